The summed E-state index contributed by atoms with van der Waals surface area (Å²) in [6, 6.07) is 1.51. The number of carbonyl (C=O) groups excluding carboxylic acids is 2. The summed E-state index contributed by atoms with van der Waals surface area (Å²) in [7, 11) is 1.24. The molecule has 0 radical (unpaired) electrons. The van der Waals surface area contributed by atoms with E-state index in [2.05, 4.69) is 35.4 Å². The van der Waals surface area contributed by atoms with Gasteiger partial charge in [-0.15, -0.1) is 8.78 Å². The second-order valence-corrected chi connectivity index (χ2v) is 12.1. The van der Waals surface area contributed by atoms with Gasteiger partial charge in [0.15, 0.2) is 17.1 Å². The van der Waals surface area contributed by atoms with Gasteiger partial charge in [-0.05, 0) is 51.0 Å². The molecule has 2 aliphatic carbocycles. The lowest BCUT2D eigenvalue weighted by molar-refractivity contribution is -0.317. The molecule has 2 saturated carbocycles. The van der Waals surface area contributed by atoms with E-state index >= 15 is 0 Å². The summed E-state index contributed by atoms with van der Waals surface area (Å²) < 4.78 is 88.5. The zero-order valence-corrected chi connectivity index (χ0v) is 24.8. The van der Waals surface area contributed by atoms with Crippen molar-refractivity contribution in [2.75, 3.05) is 24.4 Å². The highest BCUT2D eigenvalue weighted by Gasteiger charge is 2.63. The largest absolute Gasteiger partial charge is 0.586 e. The number of halogens is 5. The van der Waals surface area contributed by atoms with Crippen LogP contribution in [0.15, 0.2) is 18.5 Å². The lowest BCUT2D eigenvalue weighted by Crippen LogP contribution is -2.66. The first kappa shape index (κ1) is 32.5. The summed E-state index contributed by atoms with van der Waals surface area (Å²) in [4.78, 5) is 47.2. The Balaban J connectivity index is 1.28. The highest BCUT2D eigenvalue weighted by molar-refractivity contribution is 6.12. The molecule has 13 nitrogen and oxygen atoms in total. The average Bonchev–Trinajstić information content (AvgIpc) is 3.33. The molecule has 2 aromatic rings. The number of nitrogens with zero attached hydrogens (tertiary/aromatic N) is 2. The third-order valence-corrected chi connectivity index (χ3v) is 9.17. The van der Waals surface area contributed by atoms with E-state index in [0.29, 0.717) is 19.3 Å². The third kappa shape index (κ3) is 6.17. The van der Waals surface area contributed by atoms with Crippen molar-refractivity contribution in [3.8, 4) is 17.4 Å². The fourth-order valence-corrected chi connectivity index (χ4v) is 6.58. The van der Waals surface area contributed by atoms with Crippen LogP contribution in [0, 0.1) is 5.92 Å². The maximum atomic E-state index is 14.0. The minimum atomic E-state index is -4.59. The molecule has 5 aliphatic rings. The molecule has 18 heteroatoms. The number of benzene rings is 1. The number of nitrogens with one attached hydrogen (secondary N) is 3. The number of alkyl halides is 5. The van der Waals surface area contributed by atoms with E-state index < -0.39 is 65.4 Å². The van der Waals surface area contributed by atoms with Crippen LogP contribution in [0.3, 0.4) is 0 Å². The summed E-state index contributed by atoms with van der Waals surface area (Å²) in [5.41, 5.74) is -4.35. The van der Waals surface area contributed by atoms with Crippen molar-refractivity contribution in [3.05, 3.63) is 29.6 Å². The molecule has 254 valence electrons. The first-order chi connectivity index (χ1) is 22.1. The van der Waals surface area contributed by atoms with Gasteiger partial charge in [0.05, 0.1) is 36.4 Å². The molecule has 1 aromatic carbocycles. The van der Waals surface area contributed by atoms with Crippen LogP contribution in [0.5, 0.6) is 17.4 Å². The molecule has 4 N–H and O–H groups in total. The van der Waals surface area contributed by atoms with Gasteiger partial charge in [-0.1, -0.05) is 6.42 Å². The molecular weight excluding hydrogens is 641 g/mol. The molecule has 2 bridgehead atoms. The Kier molecular flexibility index (Phi) is 8.04. The second kappa shape index (κ2) is 11.6. The van der Waals surface area contributed by atoms with Crippen molar-refractivity contribution in [2.24, 2.45) is 5.92 Å². The Morgan fingerprint density at radius 1 is 1.02 bits per heavy atom. The van der Waals surface area contributed by atoms with Crippen molar-refractivity contribution in [3.63, 3.8) is 0 Å². The second-order valence-electron chi connectivity index (χ2n) is 12.1. The molecule has 1 aromatic heterocycles. The highest BCUT2D eigenvalue weighted by atomic mass is 19.4. The topological polar surface area (TPSA) is 170 Å². The van der Waals surface area contributed by atoms with Gasteiger partial charge < -0.3 is 40.0 Å². The number of carbonyl (C=O) groups is 3. The van der Waals surface area contributed by atoms with Gasteiger partial charge in [0.2, 0.25) is 5.88 Å². The highest BCUT2D eigenvalue weighted by Crippen LogP contribution is 2.52. The fraction of sp³-hybridized carbons (Fsp3) is 0.552. The summed E-state index contributed by atoms with van der Waals surface area (Å²) in [5, 5.41) is 17.7. The first-order valence-electron chi connectivity index (χ1n) is 14.8. The van der Waals surface area contributed by atoms with Gasteiger partial charge in [0, 0.05) is 12.1 Å². The summed E-state index contributed by atoms with van der Waals surface area (Å²) in [6.07, 6.45) is -6.45. The summed E-state index contributed by atoms with van der Waals surface area (Å²) in [5.74, 6) is -4.56. The van der Waals surface area contributed by atoms with Crippen LogP contribution in [-0.2, 0) is 9.53 Å². The molecular formula is C29H30F5N5O8. The molecule has 2 atom stereocenters. The van der Waals surface area contributed by atoms with Gasteiger partial charge in [0.25, 0.3) is 11.8 Å². The predicted octanol–water partition coefficient (Wildman–Crippen LogP) is 4.49. The SMILES string of the molecule is COc1ncnc(N[C@@H]2CCC[C@H](C(=O)O)C2)c1C(=O)Nc1cc2c(cc1C(=O)NC13CCC(C(F)(F)F)(CC1)OC3)OC(F)(F)O2. The van der Waals surface area contributed by atoms with Crippen LogP contribution in [0.4, 0.5) is 33.5 Å². The van der Waals surface area contributed by atoms with Crippen LogP contribution in [0.25, 0.3) is 0 Å². The smallest absolute Gasteiger partial charge is 0.481 e. The molecule has 4 heterocycles. The van der Waals surface area contributed by atoms with Crippen LogP contribution in [0.2, 0.25) is 0 Å². The summed E-state index contributed by atoms with van der Waals surface area (Å²) in [6.45, 7) is -0.431. The number of ether oxygens (including phenoxy) is 4. The number of rotatable bonds is 8. The molecule has 3 aliphatic heterocycles. The van der Waals surface area contributed by atoms with Crippen molar-refractivity contribution in [1.82, 2.24) is 15.3 Å². The molecule has 47 heavy (non-hydrogen) atoms. The van der Waals surface area contributed by atoms with Crippen LogP contribution >= 0.6 is 0 Å². The Morgan fingerprint density at radius 2 is 1.72 bits per heavy atom. The standard InChI is InChI=1S/C29H30F5N5O8/c1-44-24-20(21(35-13-36-24)37-15-4-2-3-14(9-15)25(42)43)23(41)38-17-11-19-18(46-29(33,34)47-19)10-16(17)22(40)39-26-5-7-27(8-6-26,45-12-26)28(30,31)32/h10-11,13-15H,2-9,12H2,1H3,(H,38,41)(H,39,40)(H,42,43)(H,35,36,37)/t14-,15+,26?,27?/m0/s1. The number of methoxy groups -OCH3 is 1. The van der Waals surface area contributed by atoms with Gasteiger partial charge in [-0.3, -0.25) is 14.4 Å². The van der Waals surface area contributed by atoms with Gasteiger partial charge in [-0.25, -0.2) is 9.97 Å². The van der Waals surface area contributed by atoms with Gasteiger partial charge >= 0.3 is 18.4 Å². The number of anilines is 2. The number of carboxylic acid groups (broad SMARTS) is 1. The minimum Gasteiger partial charge on any atom is -0.481 e. The Bertz CT molecular complexity index is 1580. The lowest BCUT2D eigenvalue weighted by atomic mass is 9.70. The molecule has 7 rings (SSSR count). The molecule has 2 amide bonds. The first-order valence-corrected chi connectivity index (χ1v) is 14.8. The number of aliphatic carboxylic acids is 1. The number of amides is 2. The Morgan fingerprint density at radius 3 is 2.34 bits per heavy atom. The van der Waals surface area contributed by atoms with Crippen LogP contribution in [0.1, 0.15) is 72.1 Å². The molecule has 4 fully saturated rings. The molecule has 2 saturated heterocycles. The van der Waals surface area contributed by atoms with E-state index in [0.717, 1.165) is 18.5 Å². The van der Waals surface area contributed by atoms with Crippen molar-refractivity contribution in [2.45, 2.75) is 81.0 Å². The van der Waals surface area contributed by atoms with E-state index in [1.165, 1.54) is 7.11 Å². The minimum absolute atomic E-state index is 0.00253. The average molecular weight is 672 g/mol. The number of hydrogen-bond donors (Lipinski definition) is 4. The van der Waals surface area contributed by atoms with E-state index in [9.17, 15) is 41.4 Å². The maximum absolute atomic E-state index is 14.0. The lowest BCUT2D eigenvalue weighted by Gasteiger charge is -2.53. The summed E-state index contributed by atoms with van der Waals surface area (Å²) >= 11 is 0. The third-order valence-electron chi connectivity index (χ3n) is 9.17. The number of hydrogen-bond acceptors (Lipinski definition) is 10. The zero-order chi connectivity index (χ0) is 33.8. The maximum Gasteiger partial charge on any atom is 0.586 e. The molecule has 0 spiro atoms. The van der Waals surface area contributed by atoms with Crippen molar-refractivity contribution >= 4 is 29.3 Å². The van der Waals surface area contributed by atoms with Gasteiger partial charge in [0.1, 0.15) is 17.7 Å². The number of aromatic nitrogens is 2. The zero-order valence-electron chi connectivity index (χ0n) is 24.8. The van der Waals surface area contributed by atoms with E-state index in [-0.39, 0.29) is 66.7 Å². The van der Waals surface area contributed by atoms with E-state index in [1.807, 2.05) is 0 Å². The fourth-order valence-electron chi connectivity index (χ4n) is 6.58. The van der Waals surface area contributed by atoms with Crippen molar-refractivity contribution < 1.29 is 60.4 Å². The van der Waals surface area contributed by atoms with Crippen molar-refractivity contribution in [1.29, 1.82) is 0 Å². The normalized spacial score (nSPS) is 27.5. The Labute approximate surface area is 263 Å². The van der Waals surface area contributed by atoms with E-state index in [4.69, 9.17) is 9.47 Å². The number of fused-ring (bicyclic) bond motifs is 4. The quantitative estimate of drug-likeness (QED) is 0.292. The monoisotopic (exact) mass is 671 g/mol. The van der Waals surface area contributed by atoms with E-state index in [1.54, 1.807) is 0 Å². The van der Waals surface area contributed by atoms with Gasteiger partial charge in [-0.2, -0.15) is 13.2 Å². The Hall–Kier alpha value is -4.48. The number of carboxylic acids is 1. The van der Waals surface area contributed by atoms with Crippen LogP contribution in [-0.4, -0.2) is 76.2 Å². The molecule has 0 unspecified atom stereocenters. The predicted molar refractivity (Wildman–Crippen MR) is 150 cm³/mol. The van der Waals surface area contributed by atoms with Crippen LogP contribution < -0.4 is 30.2 Å².